The van der Waals surface area contributed by atoms with Crippen molar-refractivity contribution in [2.75, 3.05) is 12.5 Å². The van der Waals surface area contributed by atoms with Gasteiger partial charge >= 0.3 is 0 Å². The third-order valence-electron chi connectivity index (χ3n) is 3.04. The highest BCUT2D eigenvalue weighted by molar-refractivity contribution is 7.89. The summed E-state index contributed by atoms with van der Waals surface area (Å²) in [6, 6.07) is 0.102. The van der Waals surface area contributed by atoms with Crippen LogP contribution in [0, 0.1) is 0 Å². The summed E-state index contributed by atoms with van der Waals surface area (Å²) in [5.74, 6) is 5.55. The molecule has 0 unspecified atom stereocenters. The monoisotopic (exact) mass is 287 g/mol. The van der Waals surface area contributed by atoms with Gasteiger partial charge in [0.1, 0.15) is 0 Å². The van der Waals surface area contributed by atoms with E-state index >= 15 is 0 Å². The summed E-state index contributed by atoms with van der Waals surface area (Å²) in [7, 11) is -1.98. The number of nitrogen functional groups attached to an aromatic ring is 1. The lowest BCUT2D eigenvalue weighted by molar-refractivity contribution is 0.461. The number of nitrogens with zero attached hydrogens (tertiary/aromatic N) is 3. The molecule has 1 fully saturated rings. The van der Waals surface area contributed by atoms with Crippen molar-refractivity contribution < 1.29 is 8.42 Å². The minimum absolute atomic E-state index is 0.102. The highest BCUT2D eigenvalue weighted by Crippen LogP contribution is 2.33. The van der Waals surface area contributed by atoms with E-state index < -0.39 is 10.0 Å². The standard InChI is InChI=1S/C9H13N5O2S2/c1-13(6-2-3-6)18(15,16)8-7(12-10)11-9-14(8)4-5-17-9/h4-6,12H,2-3,10H2,1H3. The SMILES string of the molecule is CN(C1CC1)S(=O)(=O)c1c(NN)nc2sccn12. The number of sulfonamides is 1. The Morgan fingerprint density at radius 1 is 1.61 bits per heavy atom. The molecule has 98 valence electrons. The second-order valence-electron chi connectivity index (χ2n) is 4.22. The van der Waals surface area contributed by atoms with E-state index in [2.05, 4.69) is 10.4 Å². The molecule has 3 rings (SSSR count). The molecule has 0 amide bonds. The van der Waals surface area contributed by atoms with Crippen LogP contribution in [0.4, 0.5) is 5.82 Å². The molecular formula is C9H13N5O2S2. The summed E-state index contributed by atoms with van der Waals surface area (Å²) in [5.41, 5.74) is 2.36. The second kappa shape index (κ2) is 3.92. The minimum Gasteiger partial charge on any atom is -0.306 e. The van der Waals surface area contributed by atoms with Crippen LogP contribution >= 0.6 is 11.3 Å². The van der Waals surface area contributed by atoms with Crippen LogP contribution in [0.1, 0.15) is 12.8 Å². The molecule has 2 heterocycles. The third kappa shape index (κ3) is 1.62. The molecular weight excluding hydrogens is 274 g/mol. The fourth-order valence-electron chi connectivity index (χ4n) is 1.88. The van der Waals surface area contributed by atoms with Crippen LogP contribution in [0.2, 0.25) is 0 Å². The van der Waals surface area contributed by atoms with E-state index in [9.17, 15) is 8.42 Å². The molecule has 0 spiro atoms. The van der Waals surface area contributed by atoms with Gasteiger partial charge in [-0.1, -0.05) is 0 Å². The third-order valence-corrected chi connectivity index (χ3v) is 5.73. The largest absolute Gasteiger partial charge is 0.306 e. The molecule has 2 aromatic heterocycles. The molecule has 1 aliphatic carbocycles. The van der Waals surface area contributed by atoms with Crippen molar-refractivity contribution in [3.8, 4) is 0 Å². The Labute approximate surface area is 108 Å². The number of anilines is 1. The van der Waals surface area contributed by atoms with Gasteiger partial charge in [-0.25, -0.2) is 14.3 Å². The van der Waals surface area contributed by atoms with Crippen molar-refractivity contribution in [2.45, 2.75) is 23.9 Å². The maximum atomic E-state index is 12.5. The van der Waals surface area contributed by atoms with Gasteiger partial charge in [-0.05, 0) is 12.8 Å². The lowest BCUT2D eigenvalue weighted by Gasteiger charge is -2.16. The van der Waals surface area contributed by atoms with Crippen LogP contribution in [0.3, 0.4) is 0 Å². The van der Waals surface area contributed by atoms with Gasteiger partial charge in [-0.2, -0.15) is 9.29 Å². The first-order valence-electron chi connectivity index (χ1n) is 5.46. The quantitative estimate of drug-likeness (QED) is 0.629. The fourth-order valence-corrected chi connectivity index (χ4v) is 4.27. The zero-order valence-corrected chi connectivity index (χ0v) is 11.3. The van der Waals surface area contributed by atoms with Gasteiger partial charge in [0, 0.05) is 24.7 Å². The van der Waals surface area contributed by atoms with Gasteiger partial charge in [0.25, 0.3) is 10.0 Å². The van der Waals surface area contributed by atoms with Crippen molar-refractivity contribution >= 4 is 32.1 Å². The zero-order chi connectivity index (χ0) is 12.9. The molecule has 2 aromatic rings. The molecule has 1 saturated carbocycles. The van der Waals surface area contributed by atoms with Crippen LogP contribution in [-0.2, 0) is 10.0 Å². The Bertz CT molecular complexity index is 685. The van der Waals surface area contributed by atoms with E-state index in [0.717, 1.165) is 12.8 Å². The van der Waals surface area contributed by atoms with Gasteiger partial charge < -0.3 is 5.43 Å². The maximum Gasteiger partial charge on any atom is 0.262 e. The van der Waals surface area contributed by atoms with Crippen LogP contribution in [0.15, 0.2) is 16.6 Å². The lowest BCUT2D eigenvalue weighted by atomic mass is 10.7. The summed E-state index contributed by atoms with van der Waals surface area (Å²) in [5, 5.41) is 1.90. The first-order valence-corrected chi connectivity index (χ1v) is 7.78. The number of hydrogen-bond acceptors (Lipinski definition) is 6. The average Bonchev–Trinajstić information content (AvgIpc) is 2.97. The van der Waals surface area contributed by atoms with E-state index in [0.29, 0.717) is 4.96 Å². The number of thiazole rings is 1. The van der Waals surface area contributed by atoms with Crippen LogP contribution < -0.4 is 11.3 Å². The Morgan fingerprint density at radius 3 is 2.94 bits per heavy atom. The summed E-state index contributed by atoms with van der Waals surface area (Å²) >= 11 is 1.36. The maximum absolute atomic E-state index is 12.5. The molecule has 0 radical (unpaired) electrons. The predicted molar refractivity (Wildman–Crippen MR) is 68.8 cm³/mol. The van der Waals surface area contributed by atoms with Crippen LogP contribution in [0.25, 0.3) is 4.96 Å². The molecule has 18 heavy (non-hydrogen) atoms. The first-order chi connectivity index (χ1) is 8.55. The van der Waals surface area contributed by atoms with Gasteiger partial charge in [-0.3, -0.25) is 4.40 Å². The fraction of sp³-hybridized carbons (Fsp3) is 0.444. The molecule has 0 aromatic carbocycles. The van der Waals surface area contributed by atoms with Gasteiger partial charge in [0.05, 0.1) is 0 Å². The molecule has 3 N–H and O–H groups in total. The number of imidazole rings is 1. The van der Waals surface area contributed by atoms with E-state index in [1.807, 2.05) is 0 Å². The highest BCUT2D eigenvalue weighted by atomic mass is 32.2. The number of rotatable bonds is 4. The van der Waals surface area contributed by atoms with Gasteiger partial charge in [0.15, 0.2) is 10.8 Å². The summed E-state index contributed by atoms with van der Waals surface area (Å²) < 4.78 is 28.0. The normalized spacial score (nSPS) is 16.6. The summed E-state index contributed by atoms with van der Waals surface area (Å²) in [6.45, 7) is 0. The van der Waals surface area contributed by atoms with Crippen molar-refractivity contribution in [2.24, 2.45) is 5.84 Å². The lowest BCUT2D eigenvalue weighted by Crippen LogP contribution is -2.30. The molecule has 7 nitrogen and oxygen atoms in total. The number of aromatic nitrogens is 2. The molecule has 1 aliphatic rings. The number of hydrogen-bond donors (Lipinski definition) is 2. The molecule has 0 aliphatic heterocycles. The molecule has 0 atom stereocenters. The van der Waals surface area contributed by atoms with Crippen molar-refractivity contribution in [1.29, 1.82) is 0 Å². The molecule has 0 saturated heterocycles. The van der Waals surface area contributed by atoms with Gasteiger partial charge in [-0.15, -0.1) is 11.3 Å². The smallest absolute Gasteiger partial charge is 0.262 e. The average molecular weight is 287 g/mol. The minimum atomic E-state index is -3.57. The van der Waals surface area contributed by atoms with E-state index in [1.165, 1.54) is 15.6 Å². The zero-order valence-electron chi connectivity index (χ0n) is 9.70. The Morgan fingerprint density at radius 2 is 2.33 bits per heavy atom. The number of nitrogens with one attached hydrogen (secondary N) is 1. The molecule has 0 bridgehead atoms. The van der Waals surface area contributed by atoms with E-state index in [-0.39, 0.29) is 16.9 Å². The van der Waals surface area contributed by atoms with Gasteiger partial charge in [0.2, 0.25) is 5.03 Å². The Hall–Kier alpha value is -1.16. The predicted octanol–water partition coefficient (Wildman–Crippen LogP) is 0.464. The first kappa shape index (κ1) is 11.9. The van der Waals surface area contributed by atoms with E-state index in [1.54, 1.807) is 23.0 Å². The number of nitrogens with two attached hydrogens (primary N) is 1. The highest BCUT2D eigenvalue weighted by Gasteiger charge is 2.38. The van der Waals surface area contributed by atoms with Crippen LogP contribution in [-0.4, -0.2) is 35.2 Å². The van der Waals surface area contributed by atoms with Crippen LogP contribution in [0.5, 0.6) is 0 Å². The number of fused-ring (bicyclic) bond motifs is 1. The Kier molecular flexibility index (Phi) is 2.59. The van der Waals surface area contributed by atoms with Crippen molar-refractivity contribution in [3.63, 3.8) is 0 Å². The summed E-state index contributed by atoms with van der Waals surface area (Å²) in [6.07, 6.45) is 3.50. The number of hydrazine groups is 1. The second-order valence-corrected chi connectivity index (χ2v) is 7.00. The Balaban J connectivity index is 2.19. The summed E-state index contributed by atoms with van der Waals surface area (Å²) in [4.78, 5) is 4.76. The van der Waals surface area contributed by atoms with Crippen molar-refractivity contribution in [1.82, 2.24) is 13.7 Å². The topological polar surface area (TPSA) is 92.7 Å². The van der Waals surface area contributed by atoms with E-state index in [4.69, 9.17) is 5.84 Å². The van der Waals surface area contributed by atoms with Crippen molar-refractivity contribution in [3.05, 3.63) is 11.6 Å². The molecule has 9 heteroatoms.